The lowest BCUT2D eigenvalue weighted by molar-refractivity contribution is -0.149. The standard InChI is InChI=1S/C29H36ClNO5/c1-19(32)29(22-11-7-4-8-12-22)13-15-31(16-14-29)18-21-17-28(2,27(35)36)24(20-9-5-3-6-10-20)23(25(21)30)26(33)34/h4,7-8,11-12,17,20,24H,3,5-6,9-10,13-16,18H2,1-2H3,(H,33,34)(H,35,36). The van der Waals surface area contributed by atoms with E-state index in [-0.39, 0.29) is 22.3 Å². The summed E-state index contributed by atoms with van der Waals surface area (Å²) in [6.45, 7) is 4.92. The molecule has 1 saturated carbocycles. The van der Waals surface area contributed by atoms with Gasteiger partial charge in [0, 0.05) is 12.5 Å². The van der Waals surface area contributed by atoms with Gasteiger partial charge in [-0.2, -0.15) is 0 Å². The van der Waals surface area contributed by atoms with Crippen LogP contribution in [-0.4, -0.2) is 52.5 Å². The lowest BCUT2D eigenvalue weighted by atomic mass is 9.60. The molecular formula is C29H36ClNO5. The number of aliphatic carboxylic acids is 2. The molecule has 194 valence electrons. The van der Waals surface area contributed by atoms with Gasteiger partial charge in [0.2, 0.25) is 0 Å². The number of carboxylic acids is 2. The fourth-order valence-electron chi connectivity index (χ4n) is 6.79. The van der Waals surface area contributed by atoms with E-state index in [0.717, 1.165) is 37.7 Å². The number of carboxylic acid groups (broad SMARTS) is 2. The van der Waals surface area contributed by atoms with Gasteiger partial charge in [0.15, 0.2) is 0 Å². The molecule has 1 aliphatic heterocycles. The molecule has 2 fully saturated rings. The van der Waals surface area contributed by atoms with Crippen molar-refractivity contribution in [3.8, 4) is 0 Å². The van der Waals surface area contributed by atoms with Crippen molar-refractivity contribution in [2.45, 2.75) is 64.2 Å². The zero-order valence-corrected chi connectivity index (χ0v) is 21.9. The summed E-state index contributed by atoms with van der Waals surface area (Å²) in [4.78, 5) is 40.0. The Morgan fingerprint density at radius 3 is 2.17 bits per heavy atom. The van der Waals surface area contributed by atoms with E-state index in [1.807, 2.05) is 30.3 Å². The number of ketones is 1. The molecule has 2 aliphatic carbocycles. The topological polar surface area (TPSA) is 94.9 Å². The number of benzene rings is 1. The van der Waals surface area contributed by atoms with Crippen molar-refractivity contribution in [3.05, 3.63) is 58.1 Å². The molecule has 0 bridgehead atoms. The van der Waals surface area contributed by atoms with E-state index in [0.29, 0.717) is 38.0 Å². The minimum Gasteiger partial charge on any atom is -0.481 e. The zero-order chi connectivity index (χ0) is 26.1. The molecule has 1 heterocycles. The van der Waals surface area contributed by atoms with Crippen LogP contribution in [0.2, 0.25) is 0 Å². The number of rotatable bonds is 7. The minimum absolute atomic E-state index is 0.0189. The molecule has 1 aromatic rings. The minimum atomic E-state index is -1.34. The van der Waals surface area contributed by atoms with Crippen LogP contribution in [0, 0.1) is 17.3 Å². The molecule has 0 aromatic heterocycles. The molecule has 2 N–H and O–H groups in total. The largest absolute Gasteiger partial charge is 0.481 e. The third-order valence-corrected chi connectivity index (χ3v) is 9.31. The third-order valence-electron chi connectivity index (χ3n) is 8.87. The first-order valence-electron chi connectivity index (χ1n) is 13.0. The van der Waals surface area contributed by atoms with Crippen LogP contribution in [-0.2, 0) is 19.8 Å². The lowest BCUT2D eigenvalue weighted by Crippen LogP contribution is -2.48. The van der Waals surface area contributed by atoms with Crippen molar-refractivity contribution in [2.75, 3.05) is 19.6 Å². The van der Waals surface area contributed by atoms with E-state index in [1.54, 1.807) is 19.9 Å². The van der Waals surface area contributed by atoms with Gasteiger partial charge in [-0.05, 0) is 69.7 Å². The molecule has 3 aliphatic rings. The summed E-state index contributed by atoms with van der Waals surface area (Å²) in [6, 6.07) is 9.85. The highest BCUT2D eigenvalue weighted by molar-refractivity contribution is 6.34. The number of hydrogen-bond donors (Lipinski definition) is 2. The summed E-state index contributed by atoms with van der Waals surface area (Å²) >= 11 is 6.77. The van der Waals surface area contributed by atoms with Gasteiger partial charge in [0.1, 0.15) is 5.78 Å². The lowest BCUT2D eigenvalue weighted by Gasteiger charge is -2.44. The van der Waals surface area contributed by atoms with Crippen LogP contribution in [0.15, 0.2) is 52.6 Å². The second-order valence-corrected chi connectivity index (χ2v) is 11.3. The van der Waals surface area contributed by atoms with Crippen molar-refractivity contribution in [1.29, 1.82) is 0 Å². The second kappa shape index (κ2) is 10.5. The second-order valence-electron chi connectivity index (χ2n) is 10.9. The van der Waals surface area contributed by atoms with Gasteiger partial charge in [-0.25, -0.2) is 4.79 Å². The Bertz CT molecular complexity index is 1080. The third kappa shape index (κ3) is 4.78. The molecule has 2 unspecified atom stereocenters. The summed E-state index contributed by atoms with van der Waals surface area (Å²) in [6.07, 6.45) is 7.69. The summed E-state index contributed by atoms with van der Waals surface area (Å²) < 4.78 is 0. The van der Waals surface area contributed by atoms with Gasteiger partial charge in [0.25, 0.3) is 0 Å². The zero-order valence-electron chi connectivity index (χ0n) is 21.1. The van der Waals surface area contributed by atoms with Gasteiger partial charge < -0.3 is 10.2 Å². The molecule has 36 heavy (non-hydrogen) atoms. The summed E-state index contributed by atoms with van der Waals surface area (Å²) in [5.74, 6) is -2.68. The molecule has 0 radical (unpaired) electrons. The molecular weight excluding hydrogens is 478 g/mol. The maximum atomic E-state index is 12.7. The molecule has 0 amide bonds. The van der Waals surface area contributed by atoms with Crippen molar-refractivity contribution >= 4 is 29.3 Å². The van der Waals surface area contributed by atoms with Crippen molar-refractivity contribution in [2.24, 2.45) is 17.3 Å². The number of nitrogens with zero attached hydrogens (tertiary/aromatic N) is 1. The Labute approximate surface area is 218 Å². The van der Waals surface area contributed by atoms with Crippen molar-refractivity contribution in [3.63, 3.8) is 0 Å². The fourth-order valence-corrected chi connectivity index (χ4v) is 7.10. The first-order chi connectivity index (χ1) is 17.1. The van der Waals surface area contributed by atoms with Crippen LogP contribution in [0.1, 0.15) is 64.4 Å². The smallest absolute Gasteiger partial charge is 0.333 e. The van der Waals surface area contributed by atoms with Gasteiger partial charge >= 0.3 is 11.9 Å². The van der Waals surface area contributed by atoms with Crippen LogP contribution >= 0.6 is 11.6 Å². The maximum absolute atomic E-state index is 12.7. The van der Waals surface area contributed by atoms with E-state index < -0.39 is 28.7 Å². The fraction of sp³-hybridized carbons (Fsp3) is 0.552. The number of Topliss-reactive ketones (excluding diaryl/α,β-unsaturated/α-hetero) is 1. The highest BCUT2D eigenvalue weighted by atomic mass is 35.5. The number of piperidine rings is 1. The Hall–Kier alpha value is -2.44. The Balaban J connectivity index is 1.61. The van der Waals surface area contributed by atoms with Crippen LogP contribution in [0.5, 0.6) is 0 Å². The number of carbonyl (C=O) groups is 3. The van der Waals surface area contributed by atoms with E-state index in [2.05, 4.69) is 4.90 Å². The van der Waals surface area contributed by atoms with Gasteiger partial charge in [-0.1, -0.05) is 67.3 Å². The first kappa shape index (κ1) is 26.6. The van der Waals surface area contributed by atoms with Crippen molar-refractivity contribution in [1.82, 2.24) is 4.90 Å². The molecule has 0 spiro atoms. The summed E-state index contributed by atoms with van der Waals surface area (Å²) in [5.41, 5.74) is -0.251. The molecule has 2 atom stereocenters. The SMILES string of the molecule is CC(=O)C1(c2ccccc2)CCN(CC2=CC(C)(C(=O)O)C(C3CCCCC3)C(C(=O)O)=C2Cl)CC1. The number of carbonyl (C=O) groups excluding carboxylic acids is 1. The molecule has 1 aromatic carbocycles. The van der Waals surface area contributed by atoms with E-state index in [9.17, 15) is 24.6 Å². The van der Waals surface area contributed by atoms with Crippen LogP contribution in [0.3, 0.4) is 0 Å². The molecule has 4 rings (SSSR count). The predicted molar refractivity (Wildman–Crippen MR) is 139 cm³/mol. The Morgan fingerprint density at radius 1 is 1.03 bits per heavy atom. The van der Waals surface area contributed by atoms with Gasteiger partial charge in [0.05, 0.1) is 21.4 Å². The number of likely N-dealkylation sites (tertiary alicyclic amines) is 1. The highest BCUT2D eigenvalue weighted by Gasteiger charge is 2.51. The van der Waals surface area contributed by atoms with Crippen LogP contribution < -0.4 is 0 Å². The number of halogens is 1. The Kier molecular flexibility index (Phi) is 7.77. The number of hydrogen-bond acceptors (Lipinski definition) is 4. The average molecular weight is 514 g/mol. The molecule has 1 saturated heterocycles. The highest BCUT2D eigenvalue weighted by Crippen LogP contribution is 2.51. The van der Waals surface area contributed by atoms with Gasteiger partial charge in [-0.15, -0.1) is 0 Å². The first-order valence-corrected chi connectivity index (χ1v) is 13.4. The van der Waals surface area contributed by atoms with E-state index in [1.165, 1.54) is 0 Å². The van der Waals surface area contributed by atoms with E-state index >= 15 is 0 Å². The quantitative estimate of drug-likeness (QED) is 0.506. The Morgan fingerprint density at radius 2 is 1.64 bits per heavy atom. The molecule has 6 nitrogen and oxygen atoms in total. The average Bonchev–Trinajstić information content (AvgIpc) is 2.87. The maximum Gasteiger partial charge on any atom is 0.333 e. The summed E-state index contributed by atoms with van der Waals surface area (Å²) in [5, 5.41) is 20.7. The normalized spacial score (nSPS) is 27.4. The van der Waals surface area contributed by atoms with Crippen LogP contribution in [0.25, 0.3) is 0 Å². The predicted octanol–water partition coefficient (Wildman–Crippen LogP) is 5.41. The molecule has 7 heteroatoms. The van der Waals surface area contributed by atoms with E-state index in [4.69, 9.17) is 11.6 Å². The monoisotopic (exact) mass is 513 g/mol. The van der Waals surface area contributed by atoms with Crippen LogP contribution in [0.4, 0.5) is 0 Å². The summed E-state index contributed by atoms with van der Waals surface area (Å²) in [7, 11) is 0. The van der Waals surface area contributed by atoms with Gasteiger partial charge in [-0.3, -0.25) is 14.5 Å². The van der Waals surface area contributed by atoms with Crippen molar-refractivity contribution < 1.29 is 24.6 Å².